The van der Waals surface area contributed by atoms with E-state index in [2.05, 4.69) is 43.3 Å². The molecule has 1 N–H and O–H groups in total. The number of aryl methyl sites for hydroxylation is 3. The number of hydrogen-bond acceptors (Lipinski definition) is 4. The number of rotatable bonds is 5. The molecule has 19 heavy (non-hydrogen) atoms. The Hall–Kier alpha value is -1.62. The minimum absolute atomic E-state index is 0.248. The zero-order chi connectivity index (χ0) is 14.0. The molecule has 5 heteroatoms. The minimum atomic E-state index is 0.248. The number of hydrogen-bond donors (Lipinski definition) is 1. The van der Waals surface area contributed by atoms with Gasteiger partial charge in [0.15, 0.2) is 0 Å². The number of nitrogens with zero attached hydrogens (tertiary/aromatic N) is 3. The lowest BCUT2D eigenvalue weighted by Gasteiger charge is -2.13. The maximum Gasteiger partial charge on any atom is 0.133 e. The van der Waals surface area contributed by atoms with Crippen molar-refractivity contribution in [2.24, 2.45) is 0 Å². The molecule has 0 spiro atoms. The topological polar surface area (TPSA) is 55.9 Å². The van der Waals surface area contributed by atoms with E-state index < -0.39 is 0 Å². The first kappa shape index (κ1) is 13.8. The van der Waals surface area contributed by atoms with E-state index in [4.69, 9.17) is 4.52 Å². The molecule has 0 radical (unpaired) electrons. The molecule has 2 rings (SSSR count). The van der Waals surface area contributed by atoms with Crippen molar-refractivity contribution in [1.29, 1.82) is 0 Å². The molecule has 0 saturated carbocycles. The number of nitrogens with one attached hydrogen (secondary N) is 1. The van der Waals surface area contributed by atoms with Crippen molar-refractivity contribution in [3.63, 3.8) is 0 Å². The van der Waals surface area contributed by atoms with Crippen LogP contribution >= 0.6 is 0 Å². The van der Waals surface area contributed by atoms with E-state index in [1.807, 2.05) is 17.7 Å². The fraction of sp³-hybridized carbons (Fsp3) is 0.571. The van der Waals surface area contributed by atoms with Crippen molar-refractivity contribution in [2.75, 3.05) is 0 Å². The van der Waals surface area contributed by atoms with E-state index >= 15 is 0 Å². The molecule has 1 unspecified atom stereocenters. The highest BCUT2D eigenvalue weighted by Gasteiger charge is 2.16. The summed E-state index contributed by atoms with van der Waals surface area (Å²) in [6, 6.07) is 2.20. The maximum atomic E-state index is 5.06. The van der Waals surface area contributed by atoms with Crippen LogP contribution in [0.15, 0.2) is 10.6 Å². The van der Waals surface area contributed by atoms with E-state index in [0.29, 0.717) is 6.54 Å². The van der Waals surface area contributed by atoms with Crippen LogP contribution in [0, 0.1) is 20.8 Å². The molecule has 1 atom stereocenters. The van der Waals surface area contributed by atoms with Crippen LogP contribution in [-0.4, -0.2) is 14.9 Å². The Labute approximate surface area is 114 Å². The zero-order valence-corrected chi connectivity index (χ0v) is 12.3. The molecule has 0 bridgehead atoms. The molecule has 2 aromatic heterocycles. The molecule has 0 aliphatic carbocycles. The van der Waals surface area contributed by atoms with Gasteiger partial charge in [0.2, 0.25) is 0 Å². The minimum Gasteiger partial charge on any atom is -0.361 e. The Morgan fingerprint density at radius 2 is 2.11 bits per heavy atom. The predicted molar refractivity (Wildman–Crippen MR) is 73.9 cm³/mol. The van der Waals surface area contributed by atoms with Crippen LogP contribution in [0.5, 0.6) is 0 Å². The van der Waals surface area contributed by atoms with Gasteiger partial charge < -0.3 is 9.84 Å². The molecule has 0 amide bonds. The molecule has 2 heterocycles. The standard InChI is InChI=1S/C14H22N4O/c1-6-18-12(5)14(11(4)16-18)10(3)15-8-13-7-9(2)19-17-13/h7,10,15H,6,8H2,1-5H3. The van der Waals surface area contributed by atoms with Crippen LogP contribution in [0.2, 0.25) is 0 Å². The van der Waals surface area contributed by atoms with E-state index in [0.717, 1.165) is 23.7 Å². The highest BCUT2D eigenvalue weighted by Crippen LogP contribution is 2.21. The molecule has 2 aromatic rings. The van der Waals surface area contributed by atoms with Gasteiger partial charge in [0.05, 0.1) is 11.4 Å². The third-order valence-electron chi connectivity index (χ3n) is 3.44. The third-order valence-corrected chi connectivity index (χ3v) is 3.44. The number of aromatic nitrogens is 3. The normalized spacial score (nSPS) is 12.9. The lowest BCUT2D eigenvalue weighted by Crippen LogP contribution is -2.19. The summed E-state index contributed by atoms with van der Waals surface area (Å²) in [5, 5.41) is 12.0. The summed E-state index contributed by atoms with van der Waals surface area (Å²) >= 11 is 0. The second-order valence-electron chi connectivity index (χ2n) is 4.93. The van der Waals surface area contributed by atoms with Crippen LogP contribution in [0.25, 0.3) is 0 Å². The molecule has 104 valence electrons. The van der Waals surface area contributed by atoms with Gasteiger partial charge in [-0.15, -0.1) is 0 Å². The van der Waals surface area contributed by atoms with Crippen molar-refractivity contribution >= 4 is 0 Å². The average Bonchev–Trinajstić information content (AvgIpc) is 2.90. The van der Waals surface area contributed by atoms with Gasteiger partial charge in [0, 0.05) is 36.5 Å². The first-order chi connectivity index (χ1) is 9.02. The van der Waals surface area contributed by atoms with Crippen molar-refractivity contribution in [3.05, 3.63) is 34.5 Å². The van der Waals surface area contributed by atoms with Gasteiger partial charge in [0.1, 0.15) is 5.76 Å². The van der Waals surface area contributed by atoms with E-state index in [1.54, 1.807) is 0 Å². The van der Waals surface area contributed by atoms with Gasteiger partial charge in [-0.2, -0.15) is 5.10 Å². The fourth-order valence-corrected chi connectivity index (χ4v) is 2.51. The van der Waals surface area contributed by atoms with Crippen molar-refractivity contribution in [3.8, 4) is 0 Å². The molecule has 0 saturated heterocycles. The highest BCUT2D eigenvalue weighted by atomic mass is 16.5. The third kappa shape index (κ3) is 2.87. The summed E-state index contributed by atoms with van der Waals surface area (Å²) in [5.74, 6) is 0.843. The van der Waals surface area contributed by atoms with Crippen molar-refractivity contribution in [1.82, 2.24) is 20.3 Å². The smallest absolute Gasteiger partial charge is 0.133 e. The first-order valence-electron chi connectivity index (χ1n) is 6.72. The average molecular weight is 262 g/mol. The highest BCUT2D eigenvalue weighted by molar-refractivity contribution is 5.27. The van der Waals surface area contributed by atoms with Gasteiger partial charge in [-0.1, -0.05) is 5.16 Å². The van der Waals surface area contributed by atoms with Gasteiger partial charge in [-0.3, -0.25) is 4.68 Å². The molecule has 0 fully saturated rings. The summed E-state index contributed by atoms with van der Waals surface area (Å²) in [6.07, 6.45) is 0. The molecule has 5 nitrogen and oxygen atoms in total. The molecular formula is C14H22N4O. The van der Waals surface area contributed by atoms with Gasteiger partial charge in [0.25, 0.3) is 0 Å². The van der Waals surface area contributed by atoms with E-state index in [9.17, 15) is 0 Å². The molecule has 0 aliphatic heterocycles. The second kappa shape index (κ2) is 5.57. The second-order valence-corrected chi connectivity index (χ2v) is 4.93. The van der Waals surface area contributed by atoms with Crippen LogP contribution in [0.1, 0.15) is 48.3 Å². The SMILES string of the molecule is CCn1nc(C)c(C(C)NCc2cc(C)on2)c1C. The summed E-state index contributed by atoms with van der Waals surface area (Å²) in [6.45, 7) is 12.0. The summed E-state index contributed by atoms with van der Waals surface area (Å²) in [5.41, 5.74) is 4.54. The van der Waals surface area contributed by atoms with Gasteiger partial charge in [-0.05, 0) is 34.6 Å². The summed E-state index contributed by atoms with van der Waals surface area (Å²) < 4.78 is 7.11. The first-order valence-corrected chi connectivity index (χ1v) is 6.72. The van der Waals surface area contributed by atoms with Crippen LogP contribution < -0.4 is 5.32 Å². The quantitative estimate of drug-likeness (QED) is 0.900. The Kier molecular flexibility index (Phi) is 4.04. The largest absolute Gasteiger partial charge is 0.361 e. The summed E-state index contributed by atoms with van der Waals surface area (Å²) in [4.78, 5) is 0. The molecular weight excluding hydrogens is 240 g/mol. The Morgan fingerprint density at radius 1 is 1.37 bits per heavy atom. The Bertz CT molecular complexity index is 556. The fourth-order valence-electron chi connectivity index (χ4n) is 2.51. The van der Waals surface area contributed by atoms with Crippen LogP contribution in [-0.2, 0) is 13.1 Å². The maximum absolute atomic E-state index is 5.06. The Morgan fingerprint density at radius 3 is 2.63 bits per heavy atom. The Balaban J connectivity index is 2.07. The van der Waals surface area contributed by atoms with Gasteiger partial charge >= 0.3 is 0 Å². The van der Waals surface area contributed by atoms with Gasteiger partial charge in [-0.25, -0.2) is 0 Å². The monoisotopic (exact) mass is 262 g/mol. The lowest BCUT2D eigenvalue weighted by molar-refractivity contribution is 0.386. The van der Waals surface area contributed by atoms with Crippen LogP contribution in [0.4, 0.5) is 0 Å². The predicted octanol–water partition coefficient (Wildman–Crippen LogP) is 2.67. The zero-order valence-electron chi connectivity index (χ0n) is 12.3. The lowest BCUT2D eigenvalue weighted by atomic mass is 10.1. The van der Waals surface area contributed by atoms with Crippen LogP contribution in [0.3, 0.4) is 0 Å². The molecule has 0 aliphatic rings. The summed E-state index contributed by atoms with van der Waals surface area (Å²) in [7, 11) is 0. The van der Waals surface area contributed by atoms with Crippen molar-refractivity contribution in [2.45, 2.75) is 53.8 Å². The van der Waals surface area contributed by atoms with E-state index in [1.165, 1.54) is 11.3 Å². The molecule has 0 aromatic carbocycles. The van der Waals surface area contributed by atoms with Crippen molar-refractivity contribution < 1.29 is 4.52 Å². The van der Waals surface area contributed by atoms with E-state index in [-0.39, 0.29) is 6.04 Å².